The van der Waals surface area contributed by atoms with Crippen molar-refractivity contribution in [3.63, 3.8) is 0 Å². The lowest BCUT2D eigenvalue weighted by molar-refractivity contribution is -0.137. The second kappa shape index (κ2) is 10.7. The van der Waals surface area contributed by atoms with E-state index in [9.17, 15) is 18.0 Å². The van der Waals surface area contributed by atoms with Crippen LogP contribution in [-0.4, -0.2) is 38.6 Å². The summed E-state index contributed by atoms with van der Waals surface area (Å²) < 4.78 is 41.0. The van der Waals surface area contributed by atoms with Gasteiger partial charge >= 0.3 is 12.2 Å². The third kappa shape index (κ3) is 6.08. The first kappa shape index (κ1) is 25.7. The smallest absolute Gasteiger partial charge is 0.342 e. The van der Waals surface area contributed by atoms with Crippen molar-refractivity contribution in [2.24, 2.45) is 5.73 Å². The molecular formula is C23H21ClF3N9O. The molecule has 6 N–H and O–H groups in total. The van der Waals surface area contributed by atoms with Gasteiger partial charge in [-0.3, -0.25) is 9.88 Å². The Kier molecular flexibility index (Phi) is 7.45. The molecule has 0 saturated heterocycles. The molecule has 37 heavy (non-hydrogen) atoms. The van der Waals surface area contributed by atoms with E-state index in [1.165, 1.54) is 18.5 Å². The number of nitrogens with two attached hydrogens (primary N) is 1. The number of imidazole rings is 1. The zero-order valence-electron chi connectivity index (χ0n) is 19.1. The minimum atomic E-state index is -4.57. The molecule has 4 rings (SSSR count). The number of benzene rings is 2. The molecule has 2 aromatic heterocycles. The molecule has 0 saturated carbocycles. The monoisotopic (exact) mass is 531 g/mol. The SMILES string of the molecule is C=C(Nc1ccc(-n2cnc3c(NC(=O)NCCN)ncnc32)cc1)Nc1ccc(Cl)c(C(F)(F)F)c1. The van der Waals surface area contributed by atoms with Gasteiger partial charge in [-0.05, 0) is 42.5 Å². The van der Waals surface area contributed by atoms with E-state index < -0.39 is 17.8 Å². The van der Waals surface area contributed by atoms with E-state index in [1.54, 1.807) is 35.2 Å². The van der Waals surface area contributed by atoms with Crippen molar-refractivity contribution >= 4 is 46.0 Å². The third-order valence-electron chi connectivity index (χ3n) is 5.00. The number of rotatable bonds is 8. The van der Waals surface area contributed by atoms with Crippen LogP contribution in [0.25, 0.3) is 16.9 Å². The topological polar surface area (TPSA) is 135 Å². The molecule has 2 heterocycles. The van der Waals surface area contributed by atoms with Crippen molar-refractivity contribution in [3.05, 3.63) is 78.1 Å². The van der Waals surface area contributed by atoms with Crippen molar-refractivity contribution in [2.45, 2.75) is 6.18 Å². The van der Waals surface area contributed by atoms with Gasteiger partial charge in [-0.1, -0.05) is 18.2 Å². The number of hydrogen-bond acceptors (Lipinski definition) is 7. The highest BCUT2D eigenvalue weighted by Crippen LogP contribution is 2.36. The third-order valence-corrected chi connectivity index (χ3v) is 5.33. The minimum absolute atomic E-state index is 0.177. The lowest BCUT2D eigenvalue weighted by Gasteiger charge is -2.15. The molecular weight excluding hydrogens is 511 g/mol. The number of hydrogen-bond donors (Lipinski definition) is 5. The number of urea groups is 1. The number of aromatic nitrogens is 4. The fourth-order valence-corrected chi connectivity index (χ4v) is 3.58. The normalized spacial score (nSPS) is 11.3. The number of nitrogens with zero attached hydrogens (tertiary/aromatic N) is 4. The molecule has 0 radical (unpaired) electrons. The molecule has 0 aliphatic rings. The number of fused-ring (bicyclic) bond motifs is 1. The first-order valence-electron chi connectivity index (χ1n) is 10.8. The predicted octanol–water partition coefficient (Wildman–Crippen LogP) is 4.56. The van der Waals surface area contributed by atoms with E-state index >= 15 is 0 Å². The number of halogens is 4. The van der Waals surface area contributed by atoms with Gasteiger partial charge in [0.2, 0.25) is 0 Å². The van der Waals surface area contributed by atoms with Crippen molar-refractivity contribution < 1.29 is 18.0 Å². The van der Waals surface area contributed by atoms with Gasteiger partial charge < -0.3 is 21.7 Å². The first-order chi connectivity index (χ1) is 17.7. The molecule has 4 aromatic rings. The fourth-order valence-electron chi connectivity index (χ4n) is 3.36. The van der Waals surface area contributed by atoms with Crippen LogP contribution in [0.5, 0.6) is 0 Å². The highest BCUT2D eigenvalue weighted by atomic mass is 35.5. The van der Waals surface area contributed by atoms with Crippen LogP contribution in [0.1, 0.15) is 5.56 Å². The summed E-state index contributed by atoms with van der Waals surface area (Å²) in [6, 6.07) is 10.1. The Labute approximate surface area is 213 Å². The number of alkyl halides is 3. The van der Waals surface area contributed by atoms with Gasteiger partial charge in [0.25, 0.3) is 0 Å². The summed E-state index contributed by atoms with van der Waals surface area (Å²) in [4.78, 5) is 24.6. The average molecular weight is 532 g/mol. The minimum Gasteiger partial charge on any atom is -0.342 e. The van der Waals surface area contributed by atoms with Crippen molar-refractivity contribution in [1.29, 1.82) is 0 Å². The molecule has 14 heteroatoms. The molecule has 0 unspecified atom stereocenters. The maximum atomic E-state index is 13.1. The summed E-state index contributed by atoms with van der Waals surface area (Å²) in [6.07, 6.45) is -1.72. The van der Waals surface area contributed by atoms with E-state index in [4.69, 9.17) is 17.3 Å². The van der Waals surface area contributed by atoms with Gasteiger partial charge in [0.05, 0.1) is 10.6 Å². The molecule has 192 valence electrons. The Balaban J connectivity index is 1.46. The highest BCUT2D eigenvalue weighted by Gasteiger charge is 2.33. The van der Waals surface area contributed by atoms with E-state index in [0.717, 1.165) is 11.8 Å². The molecule has 2 amide bonds. The maximum Gasteiger partial charge on any atom is 0.417 e. The second-order valence-electron chi connectivity index (χ2n) is 7.65. The lowest BCUT2D eigenvalue weighted by atomic mass is 10.2. The molecule has 0 atom stereocenters. The first-order valence-corrected chi connectivity index (χ1v) is 11.2. The van der Waals surface area contributed by atoms with E-state index in [0.29, 0.717) is 29.9 Å². The van der Waals surface area contributed by atoms with Crippen LogP contribution < -0.4 is 27.0 Å². The average Bonchev–Trinajstić information content (AvgIpc) is 3.29. The van der Waals surface area contributed by atoms with E-state index in [2.05, 4.69) is 42.8 Å². The summed E-state index contributed by atoms with van der Waals surface area (Å²) in [5.41, 5.74) is 6.84. The molecule has 0 aliphatic heterocycles. The molecule has 0 bridgehead atoms. The Morgan fingerprint density at radius 2 is 1.73 bits per heavy atom. The standard InChI is InChI=1S/C23H21ClF3N9O/c1-13(34-15-4-7-18(24)17(10-15)23(25,26)27)33-14-2-5-16(6-3-14)36-12-32-19-20(30-11-31-21(19)36)35-22(37)29-9-8-28/h2-7,10-12,33-34H,1,8-9,28H2,(H2,29,30,31,35,37). The van der Waals surface area contributed by atoms with Crippen LogP contribution in [0.2, 0.25) is 5.02 Å². The van der Waals surface area contributed by atoms with Gasteiger partial charge in [0.15, 0.2) is 17.0 Å². The number of carbonyl (C=O) groups is 1. The predicted molar refractivity (Wildman–Crippen MR) is 136 cm³/mol. The maximum absolute atomic E-state index is 13.1. The quantitative estimate of drug-likeness (QED) is 0.225. The lowest BCUT2D eigenvalue weighted by Crippen LogP contribution is -2.33. The molecule has 0 spiro atoms. The largest absolute Gasteiger partial charge is 0.417 e. The van der Waals surface area contributed by atoms with Crippen LogP contribution in [-0.2, 0) is 6.18 Å². The van der Waals surface area contributed by atoms with Gasteiger partial charge in [0.1, 0.15) is 18.5 Å². The zero-order valence-corrected chi connectivity index (χ0v) is 19.9. The summed E-state index contributed by atoms with van der Waals surface area (Å²) in [6.45, 7) is 4.42. The van der Waals surface area contributed by atoms with Gasteiger partial charge in [-0.25, -0.2) is 19.7 Å². The molecule has 0 aliphatic carbocycles. The Bertz CT molecular complexity index is 1440. The number of anilines is 3. The van der Waals surface area contributed by atoms with Gasteiger partial charge in [-0.15, -0.1) is 0 Å². The van der Waals surface area contributed by atoms with Crippen molar-refractivity contribution in [1.82, 2.24) is 24.8 Å². The number of amides is 2. The van der Waals surface area contributed by atoms with Crippen LogP contribution in [0.15, 0.2) is 67.5 Å². The summed E-state index contributed by atoms with van der Waals surface area (Å²) in [7, 11) is 0. The van der Waals surface area contributed by atoms with Crippen molar-refractivity contribution in [3.8, 4) is 5.69 Å². The van der Waals surface area contributed by atoms with Gasteiger partial charge in [-0.2, -0.15) is 13.2 Å². The van der Waals surface area contributed by atoms with Crippen molar-refractivity contribution in [2.75, 3.05) is 29.0 Å². The Morgan fingerprint density at radius 3 is 2.43 bits per heavy atom. The highest BCUT2D eigenvalue weighted by molar-refractivity contribution is 6.31. The summed E-state index contributed by atoms with van der Waals surface area (Å²) in [5.74, 6) is 0.502. The van der Waals surface area contributed by atoms with Crippen LogP contribution in [0.3, 0.4) is 0 Å². The van der Waals surface area contributed by atoms with Crippen LogP contribution >= 0.6 is 11.6 Å². The Hall–Kier alpha value is -4.36. The molecule has 2 aromatic carbocycles. The fraction of sp³-hybridized carbons (Fsp3) is 0.130. The number of nitrogens with one attached hydrogen (secondary N) is 4. The van der Waals surface area contributed by atoms with Gasteiger partial charge in [0, 0.05) is 30.2 Å². The van der Waals surface area contributed by atoms with E-state index in [1.807, 2.05) is 0 Å². The Morgan fingerprint density at radius 1 is 1.03 bits per heavy atom. The zero-order chi connectivity index (χ0) is 26.6. The van der Waals surface area contributed by atoms with Crippen LogP contribution in [0.4, 0.5) is 35.2 Å². The molecule has 0 fully saturated rings. The van der Waals surface area contributed by atoms with Crippen LogP contribution in [0, 0.1) is 0 Å². The van der Waals surface area contributed by atoms with E-state index in [-0.39, 0.29) is 22.3 Å². The second-order valence-corrected chi connectivity index (χ2v) is 8.05. The summed E-state index contributed by atoms with van der Waals surface area (Å²) in [5, 5.41) is 10.6. The summed E-state index contributed by atoms with van der Waals surface area (Å²) >= 11 is 5.66. The molecule has 10 nitrogen and oxygen atoms in total. The number of carbonyl (C=O) groups excluding carboxylic acids is 1.